The van der Waals surface area contributed by atoms with E-state index < -0.39 is 19.5 Å². The highest BCUT2D eigenvalue weighted by atomic mass is 32.5. The fourth-order valence-corrected chi connectivity index (χ4v) is 9.42. The summed E-state index contributed by atoms with van der Waals surface area (Å²) in [7, 11) is 0. The molecule has 34 heavy (non-hydrogen) atoms. The van der Waals surface area contributed by atoms with Crippen molar-refractivity contribution in [3.63, 3.8) is 0 Å². The Morgan fingerprint density at radius 2 is 0.794 bits per heavy atom. The van der Waals surface area contributed by atoms with Gasteiger partial charge in [0.05, 0.1) is 26.4 Å². The number of nitrogens with two attached hydrogens (primary N) is 1. The van der Waals surface area contributed by atoms with Gasteiger partial charge in [-0.05, 0) is 51.3 Å². The van der Waals surface area contributed by atoms with Gasteiger partial charge in [-0.25, -0.2) is 9.11 Å². The lowest BCUT2D eigenvalue weighted by Crippen LogP contribution is -2.03. The lowest BCUT2D eigenvalue weighted by atomic mass is 10.0. The molecular formula is C21H50N2O7P2S2. The Balaban J connectivity index is -0.000000456. The average molecular weight is 569 g/mol. The Labute approximate surface area is 218 Å². The van der Waals surface area contributed by atoms with Crippen molar-refractivity contribution in [2.75, 3.05) is 26.4 Å². The molecule has 0 radical (unpaired) electrons. The molecule has 0 atom stereocenters. The molecule has 0 aliphatic heterocycles. The SMILES string of the molecule is C1CCCCC1.C1CCCCC1.CCOP(=S)(OCC)OP(=S)(OCC)OCC.N.NC(=O)O. The van der Waals surface area contributed by atoms with Crippen LogP contribution in [0.1, 0.15) is 105 Å². The van der Waals surface area contributed by atoms with E-state index >= 15 is 0 Å². The molecule has 2 rings (SSSR count). The van der Waals surface area contributed by atoms with Crippen molar-refractivity contribution < 1.29 is 32.3 Å². The van der Waals surface area contributed by atoms with E-state index in [1.165, 1.54) is 77.0 Å². The van der Waals surface area contributed by atoms with E-state index in [-0.39, 0.29) is 6.15 Å². The smallest absolute Gasteiger partial charge is 0.402 e. The van der Waals surface area contributed by atoms with Crippen molar-refractivity contribution in [2.45, 2.75) is 105 Å². The summed E-state index contributed by atoms with van der Waals surface area (Å²) >= 11 is 10.4. The first-order valence-electron chi connectivity index (χ1n) is 12.2. The third-order valence-corrected chi connectivity index (χ3v) is 10.7. The number of carboxylic acid groups (broad SMARTS) is 1. The van der Waals surface area contributed by atoms with Gasteiger partial charge in [0.2, 0.25) is 0 Å². The maximum absolute atomic E-state index is 8.78. The van der Waals surface area contributed by atoms with Crippen LogP contribution >= 0.6 is 13.4 Å². The van der Waals surface area contributed by atoms with E-state index in [1.54, 1.807) is 0 Å². The van der Waals surface area contributed by atoms with Crippen molar-refractivity contribution in [3.8, 4) is 0 Å². The molecular weight excluding hydrogens is 518 g/mol. The summed E-state index contributed by atoms with van der Waals surface area (Å²) in [5.41, 5.74) is 4.03. The van der Waals surface area contributed by atoms with Crippen LogP contribution in [0.15, 0.2) is 0 Å². The first-order valence-corrected chi connectivity index (χ1v) is 17.3. The second kappa shape index (κ2) is 26.4. The molecule has 0 spiro atoms. The van der Waals surface area contributed by atoms with Gasteiger partial charge in [0, 0.05) is 0 Å². The molecule has 13 heteroatoms. The number of hydrogen-bond donors (Lipinski definition) is 3. The molecule has 0 aromatic carbocycles. The van der Waals surface area contributed by atoms with E-state index in [0.717, 1.165) is 0 Å². The van der Waals surface area contributed by atoms with Crippen LogP contribution in [0.2, 0.25) is 0 Å². The van der Waals surface area contributed by atoms with Gasteiger partial charge in [-0.1, -0.05) is 77.0 Å². The van der Waals surface area contributed by atoms with Crippen molar-refractivity contribution >= 4 is 43.1 Å². The molecule has 0 aromatic heterocycles. The van der Waals surface area contributed by atoms with Crippen LogP contribution in [0, 0.1) is 0 Å². The number of hydrogen-bond acceptors (Lipinski definition) is 9. The zero-order chi connectivity index (χ0) is 25.4. The average Bonchev–Trinajstić information content (AvgIpc) is 2.77. The van der Waals surface area contributed by atoms with Crippen LogP contribution in [0.3, 0.4) is 0 Å². The van der Waals surface area contributed by atoms with Gasteiger partial charge in [0.25, 0.3) is 0 Å². The lowest BCUT2D eigenvalue weighted by Gasteiger charge is -2.27. The summed E-state index contributed by atoms with van der Waals surface area (Å²) in [6, 6.07) is 0. The van der Waals surface area contributed by atoms with Crippen LogP contribution in [-0.4, -0.2) is 37.6 Å². The molecule has 9 nitrogen and oxygen atoms in total. The standard InChI is InChI=1S/C8H20O5P2S2.2C6H12.CH3NO2.H3N/c1-5-9-14(16,10-6-2)13-15(17,11-7-3)12-8-4;2*1-2-4-6-5-3-1;2-1(3)4;/h5-8H2,1-4H3;2*1-6H2;2H2,(H,3,4);1H3. The first kappa shape index (κ1) is 38.9. The van der Waals surface area contributed by atoms with Crippen LogP contribution in [0.5, 0.6) is 0 Å². The molecule has 0 bridgehead atoms. The summed E-state index contributed by atoms with van der Waals surface area (Å²) in [6.45, 7) is 3.09. The van der Waals surface area contributed by atoms with Crippen LogP contribution in [0.4, 0.5) is 4.79 Å². The van der Waals surface area contributed by atoms with Gasteiger partial charge in [0.1, 0.15) is 0 Å². The molecule has 0 aromatic rings. The summed E-state index contributed by atoms with van der Waals surface area (Å²) in [6.07, 6.45) is 16.7. The lowest BCUT2D eigenvalue weighted by molar-refractivity contribution is 0.176. The number of rotatable bonds is 10. The number of primary amides is 1. The second-order valence-electron chi connectivity index (χ2n) is 7.23. The van der Waals surface area contributed by atoms with Crippen molar-refractivity contribution in [3.05, 3.63) is 0 Å². The van der Waals surface area contributed by atoms with Gasteiger partial charge < -0.3 is 35.1 Å². The fraction of sp³-hybridized carbons (Fsp3) is 0.952. The largest absolute Gasteiger partial charge is 0.465 e. The van der Waals surface area contributed by atoms with Crippen molar-refractivity contribution in [2.24, 2.45) is 5.73 Å². The van der Waals surface area contributed by atoms with Gasteiger partial charge in [-0.2, -0.15) is 0 Å². The summed E-state index contributed by atoms with van der Waals surface area (Å²) in [4.78, 5) is 8.78. The number of carbonyl (C=O) groups is 1. The predicted molar refractivity (Wildman–Crippen MR) is 149 cm³/mol. The third kappa shape index (κ3) is 26.9. The van der Waals surface area contributed by atoms with Crippen LogP contribution in [-0.2, 0) is 46.0 Å². The minimum absolute atomic E-state index is 0. The quantitative estimate of drug-likeness (QED) is 0.221. The first-order chi connectivity index (χ1) is 15.7. The van der Waals surface area contributed by atoms with Crippen LogP contribution in [0.25, 0.3) is 0 Å². The molecule has 2 aliphatic rings. The summed E-state index contributed by atoms with van der Waals surface area (Å²) < 4.78 is 26.9. The molecule has 2 aliphatic carbocycles. The maximum atomic E-state index is 8.78. The fourth-order valence-electron chi connectivity index (χ4n) is 3.05. The predicted octanol–water partition coefficient (Wildman–Crippen LogP) is 8.06. The molecule has 2 fully saturated rings. The molecule has 2 saturated carbocycles. The van der Waals surface area contributed by atoms with E-state index in [4.69, 9.17) is 55.9 Å². The van der Waals surface area contributed by atoms with Gasteiger partial charge in [-0.15, -0.1) is 0 Å². The number of amides is 1. The van der Waals surface area contributed by atoms with Crippen molar-refractivity contribution in [1.82, 2.24) is 6.15 Å². The van der Waals surface area contributed by atoms with Crippen LogP contribution < -0.4 is 11.9 Å². The molecule has 208 valence electrons. The van der Waals surface area contributed by atoms with E-state index in [1.807, 2.05) is 27.7 Å². The Bertz CT molecular complexity index is 466. The maximum Gasteiger partial charge on any atom is 0.402 e. The minimum Gasteiger partial charge on any atom is -0.465 e. The Morgan fingerprint density at radius 3 is 0.912 bits per heavy atom. The normalized spacial score (nSPS) is 15.6. The van der Waals surface area contributed by atoms with Gasteiger partial charge in [0.15, 0.2) is 0 Å². The Hall–Kier alpha value is 0.330. The topological polar surface area (TPSA) is 144 Å². The van der Waals surface area contributed by atoms with E-state index in [9.17, 15) is 0 Å². The van der Waals surface area contributed by atoms with Gasteiger partial charge >= 0.3 is 19.5 Å². The highest BCUT2D eigenvalue weighted by molar-refractivity contribution is 8.14. The molecule has 0 saturated heterocycles. The molecule has 0 unspecified atom stereocenters. The van der Waals surface area contributed by atoms with Crippen molar-refractivity contribution in [1.29, 1.82) is 0 Å². The Kier molecular flexibility index (Phi) is 30.2. The minimum atomic E-state index is -2.87. The molecule has 6 N–H and O–H groups in total. The highest BCUT2D eigenvalue weighted by Crippen LogP contribution is 2.66. The zero-order valence-electron chi connectivity index (χ0n) is 21.7. The Morgan fingerprint density at radius 1 is 0.647 bits per heavy atom. The summed E-state index contributed by atoms with van der Waals surface area (Å²) in [5, 5.41) is 7.19. The zero-order valence-corrected chi connectivity index (χ0v) is 25.1. The van der Waals surface area contributed by atoms with E-state index in [0.29, 0.717) is 26.4 Å². The van der Waals surface area contributed by atoms with Gasteiger partial charge in [-0.3, -0.25) is 0 Å². The third-order valence-electron chi connectivity index (χ3n) is 4.35. The molecule has 0 heterocycles. The van der Waals surface area contributed by atoms with E-state index in [2.05, 4.69) is 5.73 Å². The monoisotopic (exact) mass is 568 g/mol. The summed E-state index contributed by atoms with van der Waals surface area (Å²) in [5.74, 6) is 0. The highest BCUT2D eigenvalue weighted by Gasteiger charge is 2.31. The molecule has 1 amide bonds. The second-order valence-corrected chi connectivity index (χ2v) is 13.4.